The maximum absolute atomic E-state index is 13.8. The molecule has 3 aromatic rings. The Hall–Kier alpha value is -3.21. The van der Waals surface area contributed by atoms with E-state index in [1.54, 1.807) is 22.8 Å². The molecule has 1 aliphatic heterocycles. The molecular formula is C25H26F3N3O4S. The van der Waals surface area contributed by atoms with Crippen molar-refractivity contribution in [3.8, 4) is 17.2 Å². The van der Waals surface area contributed by atoms with Crippen LogP contribution in [-0.2, 0) is 16.4 Å². The van der Waals surface area contributed by atoms with Gasteiger partial charge in [0.25, 0.3) is 0 Å². The second-order valence-corrected chi connectivity index (χ2v) is 10.7. The zero-order valence-electron chi connectivity index (χ0n) is 20.4. The monoisotopic (exact) mass is 521 g/mol. The molecule has 7 nitrogen and oxygen atoms in total. The fraction of sp³-hybridized carbons (Fsp3) is 0.400. The first kappa shape index (κ1) is 25.9. The number of alkyl halides is 3. The van der Waals surface area contributed by atoms with Crippen LogP contribution in [-0.4, -0.2) is 40.1 Å². The minimum atomic E-state index is -4.57. The molecule has 192 valence electrons. The minimum Gasteiger partial charge on any atom is -0.493 e. The van der Waals surface area contributed by atoms with Crippen molar-refractivity contribution in [2.24, 2.45) is 0 Å². The quantitative estimate of drug-likeness (QED) is 0.444. The molecule has 1 aliphatic rings. The molecule has 2 atom stereocenters. The summed E-state index contributed by atoms with van der Waals surface area (Å²) in [5.41, 5.74) is 0.0483. The molecule has 2 heterocycles. The van der Waals surface area contributed by atoms with Crippen molar-refractivity contribution in [1.82, 2.24) is 14.8 Å². The number of para-hydroxylation sites is 1. The van der Waals surface area contributed by atoms with Crippen LogP contribution >= 0.6 is 11.8 Å². The van der Waals surface area contributed by atoms with Gasteiger partial charge in [0, 0.05) is 11.0 Å². The molecule has 0 fully saturated rings. The number of carboxylic acid groups (broad SMARTS) is 1. The Morgan fingerprint density at radius 3 is 2.39 bits per heavy atom. The third-order valence-corrected chi connectivity index (χ3v) is 7.39. The Morgan fingerprint density at radius 1 is 1.08 bits per heavy atom. The number of ether oxygens (including phenoxy) is 2. The van der Waals surface area contributed by atoms with Gasteiger partial charge in [-0.1, -0.05) is 32.9 Å². The van der Waals surface area contributed by atoms with Gasteiger partial charge >= 0.3 is 12.1 Å². The molecule has 11 heteroatoms. The number of aromatic nitrogens is 3. The van der Waals surface area contributed by atoms with Gasteiger partial charge in [-0.2, -0.15) is 13.2 Å². The first-order valence-corrected chi connectivity index (χ1v) is 12.1. The summed E-state index contributed by atoms with van der Waals surface area (Å²) in [7, 11) is 2.93. The maximum atomic E-state index is 13.8. The number of benzene rings is 2. The zero-order valence-corrected chi connectivity index (χ0v) is 21.2. The SMILES string of the molecule is COc1cccc([C@H]2S[C@H](CC(=O)O)c3nnc(C(C)(C)C)n3-c3ccc(C(F)(F)F)cc32)c1OC. The molecule has 0 spiro atoms. The van der Waals surface area contributed by atoms with Gasteiger partial charge in [0.15, 0.2) is 17.3 Å². The second-order valence-electron chi connectivity index (χ2n) is 9.42. The Kier molecular flexibility index (Phi) is 6.72. The van der Waals surface area contributed by atoms with Crippen LogP contribution in [0.25, 0.3) is 5.69 Å². The molecule has 0 saturated carbocycles. The number of hydrogen-bond acceptors (Lipinski definition) is 6. The van der Waals surface area contributed by atoms with Crippen molar-refractivity contribution >= 4 is 17.7 Å². The maximum Gasteiger partial charge on any atom is 0.416 e. The van der Waals surface area contributed by atoms with Crippen molar-refractivity contribution in [2.75, 3.05) is 14.2 Å². The van der Waals surface area contributed by atoms with E-state index in [9.17, 15) is 23.1 Å². The lowest BCUT2D eigenvalue weighted by Gasteiger charge is -2.24. The third kappa shape index (κ3) is 4.63. The predicted molar refractivity (Wildman–Crippen MR) is 129 cm³/mol. The Balaban J connectivity index is 2.08. The lowest BCUT2D eigenvalue weighted by atomic mass is 9.94. The molecule has 1 aromatic heterocycles. The van der Waals surface area contributed by atoms with Gasteiger partial charge in [-0.3, -0.25) is 9.36 Å². The van der Waals surface area contributed by atoms with E-state index in [4.69, 9.17) is 9.47 Å². The van der Waals surface area contributed by atoms with Gasteiger partial charge in [-0.15, -0.1) is 22.0 Å². The molecule has 1 N–H and O–H groups in total. The summed E-state index contributed by atoms with van der Waals surface area (Å²) in [5, 5.41) is 17.0. The molecule has 0 unspecified atom stereocenters. The van der Waals surface area contributed by atoms with Crippen LogP contribution in [0.4, 0.5) is 13.2 Å². The summed E-state index contributed by atoms with van der Waals surface area (Å²) < 4.78 is 54.3. The average molecular weight is 522 g/mol. The van der Waals surface area contributed by atoms with Crippen molar-refractivity contribution in [3.05, 3.63) is 64.7 Å². The standard InChI is InChI=1S/C25H26F3N3O4S/c1-24(2,3)23-30-29-22-18(12-19(32)33)36-21(14-7-6-8-17(34-4)20(14)35-5)15-11-13(25(26,27)28)9-10-16(15)31(22)23/h6-11,18,21H,12H2,1-5H3,(H,32,33)/t18-,21-/m1/s1. The molecule has 2 aromatic carbocycles. The van der Waals surface area contributed by atoms with Crippen molar-refractivity contribution in [1.29, 1.82) is 0 Å². The summed E-state index contributed by atoms with van der Waals surface area (Å²) in [6.07, 6.45) is -4.87. The van der Waals surface area contributed by atoms with Crippen molar-refractivity contribution in [3.63, 3.8) is 0 Å². The highest BCUT2D eigenvalue weighted by atomic mass is 32.2. The highest BCUT2D eigenvalue weighted by Crippen LogP contribution is 2.54. The Bertz CT molecular complexity index is 1300. The topological polar surface area (TPSA) is 86.5 Å². The minimum absolute atomic E-state index is 0.296. The van der Waals surface area contributed by atoms with E-state index in [0.29, 0.717) is 40.0 Å². The van der Waals surface area contributed by atoms with E-state index in [0.717, 1.165) is 12.1 Å². The van der Waals surface area contributed by atoms with Crippen molar-refractivity contribution in [2.45, 2.75) is 49.3 Å². The van der Waals surface area contributed by atoms with Gasteiger partial charge in [0.1, 0.15) is 5.82 Å². The molecule has 0 amide bonds. The summed E-state index contributed by atoms with van der Waals surface area (Å²) >= 11 is 1.20. The van der Waals surface area contributed by atoms with E-state index in [1.807, 2.05) is 20.8 Å². The van der Waals surface area contributed by atoms with E-state index in [-0.39, 0.29) is 6.42 Å². The number of nitrogens with zero attached hydrogens (tertiary/aromatic N) is 3. The number of halogens is 3. The van der Waals surface area contributed by atoms with E-state index in [1.165, 1.54) is 32.0 Å². The number of rotatable bonds is 5. The Morgan fingerprint density at radius 2 is 1.81 bits per heavy atom. The number of methoxy groups -OCH3 is 2. The van der Waals surface area contributed by atoms with Crippen LogP contribution in [0.15, 0.2) is 36.4 Å². The highest BCUT2D eigenvalue weighted by Gasteiger charge is 2.40. The number of carbonyl (C=O) groups is 1. The number of carboxylic acids is 1. The summed E-state index contributed by atoms with van der Waals surface area (Å²) in [5.74, 6) is 0.615. The number of thioether (sulfide) groups is 1. The van der Waals surface area contributed by atoms with Gasteiger partial charge in [-0.05, 0) is 29.8 Å². The molecule has 0 saturated heterocycles. The first-order valence-electron chi connectivity index (χ1n) is 11.1. The van der Waals surface area contributed by atoms with Gasteiger partial charge in [0.2, 0.25) is 0 Å². The number of fused-ring (bicyclic) bond motifs is 3. The Labute approximate surface area is 210 Å². The number of aliphatic carboxylic acids is 1. The first-order chi connectivity index (χ1) is 16.9. The second kappa shape index (κ2) is 9.34. The third-order valence-electron chi connectivity index (χ3n) is 5.90. The van der Waals surface area contributed by atoms with Crippen LogP contribution in [0.2, 0.25) is 0 Å². The largest absolute Gasteiger partial charge is 0.493 e. The van der Waals surface area contributed by atoms with E-state index < -0.39 is 33.6 Å². The van der Waals surface area contributed by atoms with Gasteiger partial charge < -0.3 is 14.6 Å². The molecule has 36 heavy (non-hydrogen) atoms. The average Bonchev–Trinajstić information content (AvgIpc) is 3.21. The van der Waals surface area contributed by atoms with E-state index >= 15 is 0 Å². The van der Waals surface area contributed by atoms with E-state index in [2.05, 4.69) is 10.2 Å². The molecule has 0 radical (unpaired) electrons. The van der Waals surface area contributed by atoms with Crippen LogP contribution in [0.1, 0.15) is 66.0 Å². The van der Waals surface area contributed by atoms with Crippen molar-refractivity contribution < 1.29 is 32.5 Å². The molecule has 4 rings (SSSR count). The van der Waals surface area contributed by atoms with Crippen LogP contribution in [0.5, 0.6) is 11.5 Å². The highest BCUT2D eigenvalue weighted by molar-refractivity contribution is 8.00. The fourth-order valence-corrected chi connectivity index (χ4v) is 5.84. The predicted octanol–water partition coefficient (Wildman–Crippen LogP) is 5.95. The molecule has 0 aliphatic carbocycles. The van der Waals surface area contributed by atoms with Crippen LogP contribution in [0, 0.1) is 0 Å². The zero-order chi connectivity index (χ0) is 26.4. The summed E-state index contributed by atoms with van der Waals surface area (Å²) in [6.45, 7) is 5.75. The normalized spacial score (nSPS) is 17.7. The van der Waals surface area contributed by atoms with Gasteiger partial charge in [-0.25, -0.2) is 0 Å². The van der Waals surface area contributed by atoms with Crippen LogP contribution in [0.3, 0.4) is 0 Å². The lowest BCUT2D eigenvalue weighted by Crippen LogP contribution is -2.20. The molecule has 0 bridgehead atoms. The lowest BCUT2D eigenvalue weighted by molar-refractivity contribution is -0.138. The van der Waals surface area contributed by atoms with Gasteiger partial charge in [0.05, 0.1) is 42.4 Å². The number of hydrogen-bond donors (Lipinski definition) is 1. The fourth-order valence-electron chi connectivity index (χ4n) is 4.33. The smallest absolute Gasteiger partial charge is 0.416 e. The summed E-state index contributed by atoms with van der Waals surface area (Å²) in [4.78, 5) is 11.9. The molecular weight excluding hydrogens is 495 g/mol. The summed E-state index contributed by atoms with van der Waals surface area (Å²) in [6, 6.07) is 8.71. The van der Waals surface area contributed by atoms with Crippen LogP contribution < -0.4 is 9.47 Å².